The Labute approximate surface area is 210 Å². The molecule has 6 rings (SSSR count). The second-order valence-corrected chi connectivity index (χ2v) is 8.18. The molecule has 0 aliphatic rings. The normalized spacial score (nSPS) is 11.1. The first-order valence-electron chi connectivity index (χ1n) is 10.7. The monoisotopic (exact) mass is 625 g/mol. The Morgan fingerprint density at radius 3 is 2.53 bits per heavy atom. The third-order valence-corrected chi connectivity index (χ3v) is 5.80. The van der Waals surface area contributed by atoms with E-state index in [0.29, 0.717) is 17.1 Å². The Morgan fingerprint density at radius 1 is 0.853 bits per heavy atom. The van der Waals surface area contributed by atoms with Crippen molar-refractivity contribution in [3.05, 3.63) is 96.2 Å². The molecule has 170 valence electrons. The molecule has 0 fully saturated rings. The van der Waals surface area contributed by atoms with Gasteiger partial charge in [0.15, 0.2) is 0 Å². The third kappa shape index (κ3) is 3.72. The van der Waals surface area contributed by atoms with Gasteiger partial charge in [0.25, 0.3) is 0 Å². The number of ether oxygens (including phenoxy) is 1. The van der Waals surface area contributed by atoms with Crippen molar-refractivity contribution >= 4 is 32.7 Å². The molecule has 0 unspecified atom stereocenters. The van der Waals surface area contributed by atoms with Crippen LogP contribution in [0.25, 0.3) is 38.5 Å². The number of para-hydroxylation sites is 1. The number of fused-ring (bicyclic) bond motifs is 4. The topological polar surface area (TPSA) is 60.2 Å². The fraction of sp³-hybridized carbons (Fsp3) is 0.0714. The van der Waals surface area contributed by atoms with E-state index in [4.69, 9.17) is 9.72 Å². The molecule has 5 nitrogen and oxygen atoms in total. The molecule has 3 heterocycles. The molecule has 0 aliphatic carbocycles. The van der Waals surface area contributed by atoms with Crippen LogP contribution in [0.3, 0.4) is 0 Å². The summed E-state index contributed by atoms with van der Waals surface area (Å²) in [6.45, 7) is 4.08. The van der Waals surface area contributed by atoms with Gasteiger partial charge in [0.1, 0.15) is 17.1 Å². The SMILES string of the molecule is Cc1ccc2c3ccc(Oc4ccc5cccc(O)c5n4)[c-]c3n(-c3cccc(C)n3)c2c1.[Pt]. The molecule has 6 heteroatoms. The Balaban J connectivity index is 0.00000241. The smallest absolute Gasteiger partial charge is 0.217 e. The molecule has 0 saturated heterocycles. The van der Waals surface area contributed by atoms with Gasteiger partial charge in [0, 0.05) is 49.5 Å². The quantitative estimate of drug-likeness (QED) is 0.224. The first-order valence-corrected chi connectivity index (χ1v) is 10.7. The van der Waals surface area contributed by atoms with Gasteiger partial charge in [-0.2, -0.15) is 6.07 Å². The summed E-state index contributed by atoms with van der Waals surface area (Å²) in [7, 11) is 0. The van der Waals surface area contributed by atoms with E-state index in [2.05, 4.69) is 40.7 Å². The van der Waals surface area contributed by atoms with Crippen LogP contribution in [0.5, 0.6) is 17.4 Å². The molecule has 6 aromatic rings. The molecule has 34 heavy (non-hydrogen) atoms. The molecule has 0 saturated carbocycles. The van der Waals surface area contributed by atoms with Crippen LogP contribution in [0.1, 0.15) is 11.3 Å². The van der Waals surface area contributed by atoms with Gasteiger partial charge >= 0.3 is 0 Å². The minimum Gasteiger partial charge on any atom is -0.506 e. The molecule has 3 aromatic heterocycles. The number of phenolic OH excluding ortho intramolecular Hbond substituents is 1. The van der Waals surface area contributed by atoms with E-state index in [1.807, 2.05) is 49.4 Å². The second kappa shape index (κ2) is 8.58. The zero-order chi connectivity index (χ0) is 22.5. The average Bonchev–Trinajstić information content (AvgIpc) is 3.12. The summed E-state index contributed by atoms with van der Waals surface area (Å²) in [5, 5.41) is 13.2. The Bertz CT molecular complexity index is 1690. The van der Waals surface area contributed by atoms with Crippen molar-refractivity contribution < 1.29 is 30.9 Å². The summed E-state index contributed by atoms with van der Waals surface area (Å²) in [6.07, 6.45) is 0. The first-order chi connectivity index (χ1) is 16.1. The van der Waals surface area contributed by atoms with Gasteiger partial charge in [-0.15, -0.1) is 17.5 Å². The number of phenols is 1. The van der Waals surface area contributed by atoms with Crippen LogP contribution < -0.4 is 4.74 Å². The number of hydrogen-bond acceptors (Lipinski definition) is 4. The van der Waals surface area contributed by atoms with Crippen LogP contribution in [0.15, 0.2) is 78.9 Å². The summed E-state index contributed by atoms with van der Waals surface area (Å²) < 4.78 is 8.19. The van der Waals surface area contributed by atoms with E-state index in [9.17, 15) is 5.11 Å². The Kier molecular flexibility index (Phi) is 5.58. The van der Waals surface area contributed by atoms with Crippen molar-refractivity contribution in [2.45, 2.75) is 13.8 Å². The molecule has 0 radical (unpaired) electrons. The van der Waals surface area contributed by atoms with Gasteiger partial charge < -0.3 is 14.4 Å². The van der Waals surface area contributed by atoms with Gasteiger partial charge in [0.05, 0.1) is 0 Å². The van der Waals surface area contributed by atoms with Crippen molar-refractivity contribution in [3.63, 3.8) is 0 Å². The van der Waals surface area contributed by atoms with Gasteiger partial charge in [-0.1, -0.05) is 35.8 Å². The molecule has 3 aromatic carbocycles. The molecule has 0 bridgehead atoms. The van der Waals surface area contributed by atoms with Gasteiger partial charge in [-0.05, 0) is 55.1 Å². The molecule has 0 amide bonds. The van der Waals surface area contributed by atoms with Crippen LogP contribution in [-0.2, 0) is 21.1 Å². The number of benzene rings is 3. The van der Waals surface area contributed by atoms with Gasteiger partial charge in [0.2, 0.25) is 5.88 Å². The summed E-state index contributed by atoms with van der Waals surface area (Å²) in [5.74, 6) is 1.89. The molecular formula is C28H20N3O2Pt-. The van der Waals surface area contributed by atoms with Crippen LogP contribution in [0.4, 0.5) is 0 Å². The van der Waals surface area contributed by atoms with Gasteiger partial charge in [-0.3, -0.25) is 0 Å². The minimum absolute atomic E-state index is 0. The zero-order valence-electron chi connectivity index (χ0n) is 18.5. The van der Waals surface area contributed by atoms with E-state index >= 15 is 0 Å². The summed E-state index contributed by atoms with van der Waals surface area (Å²) in [4.78, 5) is 9.25. The zero-order valence-corrected chi connectivity index (χ0v) is 20.8. The number of aromatic hydroxyl groups is 1. The fourth-order valence-corrected chi connectivity index (χ4v) is 4.27. The molecular weight excluding hydrogens is 605 g/mol. The predicted molar refractivity (Wildman–Crippen MR) is 130 cm³/mol. The maximum atomic E-state index is 10.2. The maximum absolute atomic E-state index is 10.2. The second-order valence-electron chi connectivity index (χ2n) is 8.18. The molecule has 0 spiro atoms. The maximum Gasteiger partial charge on any atom is 0.217 e. The number of rotatable bonds is 3. The number of aryl methyl sites for hydroxylation is 2. The van der Waals surface area contributed by atoms with Crippen LogP contribution in [0.2, 0.25) is 0 Å². The minimum atomic E-state index is 0. The molecule has 0 aliphatic heterocycles. The van der Waals surface area contributed by atoms with E-state index in [1.54, 1.807) is 18.2 Å². The van der Waals surface area contributed by atoms with Crippen molar-refractivity contribution in [2.75, 3.05) is 0 Å². The van der Waals surface area contributed by atoms with E-state index in [-0.39, 0.29) is 26.8 Å². The van der Waals surface area contributed by atoms with E-state index in [0.717, 1.165) is 38.7 Å². The summed E-state index contributed by atoms with van der Waals surface area (Å²) in [5.41, 5.74) is 4.59. The van der Waals surface area contributed by atoms with E-state index < -0.39 is 0 Å². The summed E-state index contributed by atoms with van der Waals surface area (Å²) in [6, 6.07) is 28.8. The van der Waals surface area contributed by atoms with E-state index in [1.165, 1.54) is 5.56 Å². The number of pyridine rings is 2. The molecule has 0 atom stereocenters. The standard InChI is InChI=1S/C28H20N3O2.Pt/c1-17-9-12-21-22-13-11-20(33-27-14-10-19-6-4-7-25(32)28(19)30-27)16-24(22)31(23(21)15-17)26-8-3-5-18(2)29-26;/h3-15,32H,1-2H3;/q-1;. The molecule has 1 N–H and O–H groups in total. The largest absolute Gasteiger partial charge is 0.506 e. The number of aromatic nitrogens is 3. The Morgan fingerprint density at radius 2 is 1.68 bits per heavy atom. The van der Waals surface area contributed by atoms with Crippen LogP contribution in [0, 0.1) is 19.9 Å². The third-order valence-electron chi connectivity index (χ3n) is 5.80. The number of nitrogens with zero attached hydrogens (tertiary/aromatic N) is 3. The van der Waals surface area contributed by atoms with Crippen molar-refractivity contribution in [1.29, 1.82) is 0 Å². The Hall–Kier alpha value is -3.69. The van der Waals surface area contributed by atoms with Crippen LogP contribution in [-0.4, -0.2) is 19.6 Å². The van der Waals surface area contributed by atoms with Gasteiger partial charge in [-0.25, -0.2) is 9.97 Å². The predicted octanol–water partition coefficient (Wildman–Crippen LogP) is 6.64. The van der Waals surface area contributed by atoms with Crippen molar-refractivity contribution in [1.82, 2.24) is 14.5 Å². The van der Waals surface area contributed by atoms with Crippen molar-refractivity contribution in [2.24, 2.45) is 0 Å². The average molecular weight is 626 g/mol. The fourth-order valence-electron chi connectivity index (χ4n) is 4.27. The number of hydrogen-bond donors (Lipinski definition) is 1. The van der Waals surface area contributed by atoms with Crippen molar-refractivity contribution in [3.8, 4) is 23.2 Å². The first kappa shape index (κ1) is 22.1. The van der Waals surface area contributed by atoms with Crippen LogP contribution >= 0.6 is 0 Å². The summed E-state index contributed by atoms with van der Waals surface area (Å²) >= 11 is 0.